The van der Waals surface area contributed by atoms with E-state index in [2.05, 4.69) is 11.7 Å². The Labute approximate surface area is 162 Å². The average molecular weight is 391 g/mol. The van der Waals surface area contributed by atoms with Crippen molar-refractivity contribution in [2.45, 2.75) is 31.9 Å². The number of aromatic nitrogens is 2. The Hall–Kier alpha value is -2.57. The molecule has 4 nitrogen and oxygen atoms in total. The molecule has 1 aliphatic rings. The van der Waals surface area contributed by atoms with Crippen LogP contribution in [0.25, 0.3) is 5.57 Å². The second-order valence-electron chi connectivity index (χ2n) is 7.30. The number of benzene rings is 1. The van der Waals surface area contributed by atoms with Crippen LogP contribution in [0.15, 0.2) is 43.2 Å². The zero-order valence-corrected chi connectivity index (χ0v) is 15.9. The van der Waals surface area contributed by atoms with Gasteiger partial charge in [0.15, 0.2) is 0 Å². The Kier molecular flexibility index (Phi) is 5.91. The summed E-state index contributed by atoms with van der Waals surface area (Å²) in [5.41, 5.74) is 1.49. The van der Waals surface area contributed by atoms with Crippen LogP contribution in [0.5, 0.6) is 0 Å². The number of halogens is 3. The Morgan fingerprint density at radius 3 is 2.82 bits per heavy atom. The van der Waals surface area contributed by atoms with E-state index < -0.39 is 11.7 Å². The minimum absolute atomic E-state index is 0.0282. The van der Waals surface area contributed by atoms with Crippen molar-refractivity contribution in [2.24, 2.45) is 13.0 Å². The van der Waals surface area contributed by atoms with Crippen LogP contribution in [0.3, 0.4) is 0 Å². The number of nitrogens with zero attached hydrogens (tertiary/aromatic N) is 3. The summed E-state index contributed by atoms with van der Waals surface area (Å²) in [6.07, 6.45) is 1.93. The number of hydrogen-bond acceptors (Lipinski definition) is 2. The van der Waals surface area contributed by atoms with Crippen LogP contribution in [0.4, 0.5) is 13.2 Å². The minimum Gasteiger partial charge on any atom is -0.342 e. The topological polar surface area (TPSA) is 38.1 Å². The van der Waals surface area contributed by atoms with Gasteiger partial charge in [0.05, 0.1) is 11.8 Å². The Balaban J connectivity index is 1.62. The molecule has 7 heteroatoms. The normalized spacial score (nSPS) is 17.6. The molecule has 1 aromatic carbocycles. The van der Waals surface area contributed by atoms with E-state index in [1.165, 1.54) is 6.07 Å². The zero-order chi connectivity index (χ0) is 20.3. The van der Waals surface area contributed by atoms with Gasteiger partial charge in [-0.25, -0.2) is 0 Å². The lowest BCUT2D eigenvalue weighted by atomic mass is 9.86. The molecule has 0 spiro atoms. The van der Waals surface area contributed by atoms with Crippen LogP contribution in [0.2, 0.25) is 0 Å². The number of likely N-dealkylation sites (tertiary alicyclic amines) is 1. The molecule has 1 amide bonds. The van der Waals surface area contributed by atoms with Crippen LogP contribution in [-0.4, -0.2) is 33.7 Å². The van der Waals surface area contributed by atoms with Gasteiger partial charge in [-0.2, -0.15) is 18.3 Å². The molecule has 1 aromatic heterocycles. The van der Waals surface area contributed by atoms with Crippen molar-refractivity contribution in [1.29, 1.82) is 0 Å². The van der Waals surface area contributed by atoms with Gasteiger partial charge < -0.3 is 4.90 Å². The number of hydrogen-bond donors (Lipinski definition) is 0. The maximum absolute atomic E-state index is 13.0. The number of piperidine rings is 1. The van der Waals surface area contributed by atoms with E-state index in [1.54, 1.807) is 16.9 Å². The van der Waals surface area contributed by atoms with E-state index in [0.29, 0.717) is 37.1 Å². The molecule has 0 unspecified atom stereocenters. The first-order valence-electron chi connectivity index (χ1n) is 9.36. The number of rotatable bonds is 5. The third kappa shape index (κ3) is 4.82. The van der Waals surface area contributed by atoms with Gasteiger partial charge in [-0.1, -0.05) is 18.7 Å². The van der Waals surface area contributed by atoms with Crippen LogP contribution < -0.4 is 0 Å². The smallest absolute Gasteiger partial charge is 0.342 e. The fraction of sp³-hybridized carbons (Fsp3) is 0.429. The summed E-state index contributed by atoms with van der Waals surface area (Å²) in [7, 11) is 1.83. The lowest BCUT2D eigenvalue weighted by Crippen LogP contribution is -2.40. The molecule has 0 saturated carbocycles. The summed E-state index contributed by atoms with van der Waals surface area (Å²) in [5.74, 6) is 0.0324. The standard InChI is InChI=1S/C21H24F3N3O/c1-15(17-5-3-7-19(11-17)21(22,23)24)18-6-4-10-27(14-18)20(28)9-8-16-12-25-26(2)13-16/h3,5,7,11-13,18H,1,4,6,8-10,14H2,2H3/t18-/m1/s1. The molecule has 150 valence electrons. The average Bonchev–Trinajstić information content (AvgIpc) is 3.10. The number of carbonyl (C=O) groups excluding carboxylic acids is 1. The molecular weight excluding hydrogens is 367 g/mol. The second kappa shape index (κ2) is 8.20. The van der Waals surface area contributed by atoms with Crippen LogP contribution in [-0.2, 0) is 24.4 Å². The fourth-order valence-electron chi connectivity index (χ4n) is 3.63. The van der Waals surface area contributed by atoms with Crippen molar-refractivity contribution in [2.75, 3.05) is 13.1 Å². The summed E-state index contributed by atoms with van der Waals surface area (Å²) in [6.45, 7) is 5.23. The molecule has 1 saturated heterocycles. The minimum atomic E-state index is -4.38. The molecule has 2 heterocycles. The number of carbonyl (C=O) groups is 1. The third-order valence-corrected chi connectivity index (χ3v) is 5.21. The second-order valence-corrected chi connectivity index (χ2v) is 7.30. The van der Waals surface area contributed by atoms with E-state index in [-0.39, 0.29) is 11.8 Å². The van der Waals surface area contributed by atoms with Crippen molar-refractivity contribution in [3.63, 3.8) is 0 Å². The van der Waals surface area contributed by atoms with Crippen molar-refractivity contribution in [3.05, 3.63) is 59.9 Å². The predicted octanol–water partition coefficient (Wildman–Crippen LogP) is 4.32. The van der Waals surface area contributed by atoms with Gasteiger partial charge in [-0.05, 0) is 48.1 Å². The van der Waals surface area contributed by atoms with Gasteiger partial charge in [0.1, 0.15) is 0 Å². The molecule has 28 heavy (non-hydrogen) atoms. The van der Waals surface area contributed by atoms with Crippen molar-refractivity contribution < 1.29 is 18.0 Å². The number of aryl methyl sites for hydroxylation is 2. The molecule has 1 aliphatic heterocycles. The molecule has 0 aliphatic carbocycles. The Bertz CT molecular complexity index is 857. The molecular formula is C21H24F3N3O. The van der Waals surface area contributed by atoms with E-state index in [4.69, 9.17) is 0 Å². The summed E-state index contributed by atoms with van der Waals surface area (Å²) in [4.78, 5) is 14.4. The molecule has 3 rings (SSSR count). The number of amides is 1. The monoisotopic (exact) mass is 391 g/mol. The molecule has 1 fully saturated rings. The molecule has 0 radical (unpaired) electrons. The first-order chi connectivity index (χ1) is 13.2. The van der Waals surface area contributed by atoms with Gasteiger partial charge in [-0.15, -0.1) is 0 Å². The van der Waals surface area contributed by atoms with E-state index in [9.17, 15) is 18.0 Å². The lowest BCUT2D eigenvalue weighted by molar-refractivity contribution is -0.137. The zero-order valence-electron chi connectivity index (χ0n) is 15.9. The molecule has 1 atom stereocenters. The predicted molar refractivity (Wildman–Crippen MR) is 101 cm³/mol. The first-order valence-corrected chi connectivity index (χ1v) is 9.36. The van der Waals surface area contributed by atoms with Gasteiger partial charge in [0, 0.05) is 38.7 Å². The highest BCUT2D eigenvalue weighted by molar-refractivity contribution is 5.77. The van der Waals surface area contributed by atoms with Gasteiger partial charge >= 0.3 is 6.18 Å². The van der Waals surface area contributed by atoms with Crippen LogP contribution >= 0.6 is 0 Å². The van der Waals surface area contributed by atoms with Crippen molar-refractivity contribution in [1.82, 2.24) is 14.7 Å². The van der Waals surface area contributed by atoms with Crippen LogP contribution in [0.1, 0.15) is 36.0 Å². The van der Waals surface area contributed by atoms with E-state index in [0.717, 1.165) is 30.5 Å². The van der Waals surface area contributed by atoms with Gasteiger partial charge in [0.2, 0.25) is 5.91 Å². The quantitative estimate of drug-likeness (QED) is 0.761. The maximum Gasteiger partial charge on any atom is 0.416 e. The van der Waals surface area contributed by atoms with Gasteiger partial charge in [-0.3, -0.25) is 9.48 Å². The fourth-order valence-corrected chi connectivity index (χ4v) is 3.63. The molecule has 2 aromatic rings. The highest BCUT2D eigenvalue weighted by Crippen LogP contribution is 2.34. The SMILES string of the molecule is C=C(c1cccc(C(F)(F)F)c1)[C@@H]1CCCN(C(=O)CCc2cnn(C)c2)C1. The highest BCUT2D eigenvalue weighted by Gasteiger charge is 2.31. The van der Waals surface area contributed by atoms with Crippen molar-refractivity contribution >= 4 is 11.5 Å². The van der Waals surface area contributed by atoms with E-state index in [1.807, 2.05) is 18.1 Å². The Morgan fingerprint density at radius 1 is 1.36 bits per heavy atom. The number of alkyl halides is 3. The molecule has 0 bridgehead atoms. The first kappa shape index (κ1) is 20.2. The lowest BCUT2D eigenvalue weighted by Gasteiger charge is -2.34. The third-order valence-electron chi connectivity index (χ3n) is 5.21. The summed E-state index contributed by atoms with van der Waals surface area (Å²) >= 11 is 0. The summed E-state index contributed by atoms with van der Waals surface area (Å²) in [6, 6.07) is 5.27. The summed E-state index contributed by atoms with van der Waals surface area (Å²) in [5, 5.41) is 4.10. The van der Waals surface area contributed by atoms with Gasteiger partial charge in [0.25, 0.3) is 0 Å². The van der Waals surface area contributed by atoms with Crippen LogP contribution in [0, 0.1) is 5.92 Å². The highest BCUT2D eigenvalue weighted by atomic mass is 19.4. The summed E-state index contributed by atoms with van der Waals surface area (Å²) < 4.78 is 40.6. The molecule has 0 N–H and O–H groups in total. The van der Waals surface area contributed by atoms with E-state index >= 15 is 0 Å². The Morgan fingerprint density at radius 2 is 2.14 bits per heavy atom. The largest absolute Gasteiger partial charge is 0.416 e. The van der Waals surface area contributed by atoms with Crippen molar-refractivity contribution in [3.8, 4) is 0 Å². The maximum atomic E-state index is 13.0.